The van der Waals surface area contributed by atoms with Crippen LogP contribution < -0.4 is 10.6 Å². The Balaban J connectivity index is 2.20. The van der Waals surface area contributed by atoms with Gasteiger partial charge in [-0.2, -0.15) is 0 Å². The number of hydrogen-bond acceptors (Lipinski definition) is 2. The highest BCUT2D eigenvalue weighted by Gasteiger charge is 2.38. The summed E-state index contributed by atoms with van der Waals surface area (Å²) in [6.07, 6.45) is 3.08. The molecule has 0 bridgehead atoms. The van der Waals surface area contributed by atoms with Crippen LogP contribution >= 0.6 is 0 Å². The molecule has 0 unspecified atom stereocenters. The Labute approximate surface area is 99.4 Å². The van der Waals surface area contributed by atoms with E-state index in [0.29, 0.717) is 12.3 Å². The summed E-state index contributed by atoms with van der Waals surface area (Å²) >= 11 is 0. The van der Waals surface area contributed by atoms with Crippen molar-refractivity contribution < 1.29 is 4.79 Å². The first-order chi connectivity index (χ1) is 7.21. The van der Waals surface area contributed by atoms with Crippen molar-refractivity contribution in [1.29, 1.82) is 0 Å². The number of rotatable bonds is 5. The van der Waals surface area contributed by atoms with E-state index < -0.39 is 0 Å². The van der Waals surface area contributed by atoms with Crippen molar-refractivity contribution in [1.82, 2.24) is 10.6 Å². The van der Waals surface area contributed by atoms with Crippen LogP contribution in [0.3, 0.4) is 0 Å². The van der Waals surface area contributed by atoms with E-state index >= 15 is 0 Å². The summed E-state index contributed by atoms with van der Waals surface area (Å²) in [5.74, 6) is 0.848. The fourth-order valence-corrected chi connectivity index (χ4v) is 1.88. The van der Waals surface area contributed by atoms with Gasteiger partial charge in [0.25, 0.3) is 0 Å². The molecule has 0 spiro atoms. The molecule has 94 valence electrons. The van der Waals surface area contributed by atoms with Gasteiger partial charge >= 0.3 is 0 Å². The summed E-state index contributed by atoms with van der Waals surface area (Å²) in [5, 5.41) is 6.45. The first-order valence-corrected chi connectivity index (χ1v) is 6.27. The molecule has 3 nitrogen and oxygen atoms in total. The van der Waals surface area contributed by atoms with Crippen molar-refractivity contribution in [3.8, 4) is 0 Å². The third-order valence-corrected chi connectivity index (χ3v) is 3.07. The Morgan fingerprint density at radius 3 is 2.19 bits per heavy atom. The van der Waals surface area contributed by atoms with Crippen LogP contribution in [-0.2, 0) is 4.79 Å². The molecule has 0 saturated heterocycles. The number of nitrogens with one attached hydrogen (secondary N) is 2. The molecule has 0 aliphatic heterocycles. The lowest BCUT2D eigenvalue weighted by Gasteiger charge is -2.27. The molecule has 0 aromatic carbocycles. The lowest BCUT2D eigenvalue weighted by molar-refractivity contribution is -0.122. The molecule has 1 fully saturated rings. The molecule has 1 aliphatic carbocycles. The molecule has 1 rings (SSSR count). The van der Waals surface area contributed by atoms with Gasteiger partial charge in [-0.3, -0.25) is 4.79 Å². The van der Waals surface area contributed by atoms with E-state index in [1.807, 2.05) is 0 Å². The van der Waals surface area contributed by atoms with Crippen LogP contribution in [-0.4, -0.2) is 23.5 Å². The van der Waals surface area contributed by atoms with Crippen molar-refractivity contribution in [2.24, 2.45) is 5.92 Å². The van der Waals surface area contributed by atoms with Crippen molar-refractivity contribution in [3.05, 3.63) is 0 Å². The van der Waals surface area contributed by atoms with E-state index in [1.54, 1.807) is 0 Å². The second-order valence-corrected chi connectivity index (χ2v) is 6.47. The van der Waals surface area contributed by atoms with Crippen LogP contribution in [0.2, 0.25) is 0 Å². The maximum absolute atomic E-state index is 11.7. The van der Waals surface area contributed by atoms with Crippen LogP contribution in [0.4, 0.5) is 0 Å². The van der Waals surface area contributed by atoms with Gasteiger partial charge in [0.1, 0.15) is 0 Å². The van der Waals surface area contributed by atoms with Crippen molar-refractivity contribution in [2.45, 2.75) is 65.0 Å². The average molecular weight is 226 g/mol. The van der Waals surface area contributed by atoms with E-state index in [-0.39, 0.29) is 17.0 Å². The van der Waals surface area contributed by atoms with Gasteiger partial charge in [0, 0.05) is 24.0 Å². The van der Waals surface area contributed by atoms with Gasteiger partial charge in [0.2, 0.25) is 5.91 Å². The van der Waals surface area contributed by atoms with E-state index in [2.05, 4.69) is 45.3 Å². The topological polar surface area (TPSA) is 41.1 Å². The number of amides is 1. The van der Waals surface area contributed by atoms with Crippen molar-refractivity contribution in [3.63, 3.8) is 0 Å². The summed E-state index contributed by atoms with van der Waals surface area (Å²) in [7, 11) is 0. The molecule has 0 aromatic rings. The van der Waals surface area contributed by atoms with Gasteiger partial charge < -0.3 is 10.6 Å². The normalized spacial score (nSPS) is 17.3. The predicted molar refractivity (Wildman–Crippen MR) is 67.3 cm³/mol. The number of carbonyl (C=O) groups is 1. The molecule has 0 aromatic heterocycles. The minimum absolute atomic E-state index is 0.0151. The Morgan fingerprint density at radius 2 is 1.75 bits per heavy atom. The molecule has 1 saturated carbocycles. The largest absolute Gasteiger partial charge is 0.351 e. The summed E-state index contributed by atoms with van der Waals surface area (Å²) in [4.78, 5) is 11.7. The first-order valence-electron chi connectivity index (χ1n) is 6.27. The lowest BCUT2D eigenvalue weighted by Crippen LogP contribution is -2.46. The van der Waals surface area contributed by atoms with Gasteiger partial charge in [0.15, 0.2) is 0 Å². The molecule has 0 radical (unpaired) electrons. The van der Waals surface area contributed by atoms with Gasteiger partial charge in [-0.1, -0.05) is 0 Å². The standard InChI is InChI=1S/C13H26N2O/c1-12(2,3)14-9-8-11(16)15-13(4,5)10-6-7-10/h10,14H,6-9H2,1-5H3,(H,15,16). The van der Waals surface area contributed by atoms with E-state index in [1.165, 1.54) is 12.8 Å². The third kappa shape index (κ3) is 4.97. The average Bonchev–Trinajstić information content (AvgIpc) is 2.80. The summed E-state index contributed by atoms with van der Waals surface area (Å²) < 4.78 is 0. The summed E-state index contributed by atoms with van der Waals surface area (Å²) in [6.45, 7) is 11.3. The minimum Gasteiger partial charge on any atom is -0.351 e. The third-order valence-electron chi connectivity index (χ3n) is 3.07. The quantitative estimate of drug-likeness (QED) is 0.753. The minimum atomic E-state index is -0.0151. The van der Waals surface area contributed by atoms with Crippen LogP contribution in [0.1, 0.15) is 53.9 Å². The SMILES string of the molecule is CC(C)(C)NCCC(=O)NC(C)(C)C1CC1. The molecular formula is C13H26N2O. The van der Waals surface area contributed by atoms with E-state index in [0.717, 1.165) is 6.54 Å². The van der Waals surface area contributed by atoms with E-state index in [9.17, 15) is 4.79 Å². The highest BCUT2D eigenvalue weighted by Crippen LogP contribution is 2.39. The Morgan fingerprint density at radius 1 is 1.19 bits per heavy atom. The highest BCUT2D eigenvalue weighted by molar-refractivity contribution is 5.77. The highest BCUT2D eigenvalue weighted by atomic mass is 16.1. The van der Waals surface area contributed by atoms with Crippen LogP contribution in [0, 0.1) is 5.92 Å². The maximum atomic E-state index is 11.7. The molecule has 3 heteroatoms. The Hall–Kier alpha value is -0.570. The molecular weight excluding hydrogens is 200 g/mol. The van der Waals surface area contributed by atoms with Crippen LogP contribution in [0.25, 0.3) is 0 Å². The molecule has 0 heterocycles. The second-order valence-electron chi connectivity index (χ2n) is 6.47. The summed E-state index contributed by atoms with van der Waals surface area (Å²) in [6, 6.07) is 0. The fourth-order valence-electron chi connectivity index (χ4n) is 1.88. The smallest absolute Gasteiger partial charge is 0.221 e. The van der Waals surface area contributed by atoms with Gasteiger partial charge in [0.05, 0.1) is 0 Å². The molecule has 16 heavy (non-hydrogen) atoms. The van der Waals surface area contributed by atoms with Gasteiger partial charge in [-0.25, -0.2) is 0 Å². The zero-order chi connectivity index (χ0) is 12.4. The Bertz CT molecular complexity index is 249. The van der Waals surface area contributed by atoms with Gasteiger partial charge in [-0.15, -0.1) is 0 Å². The van der Waals surface area contributed by atoms with Crippen LogP contribution in [0.15, 0.2) is 0 Å². The molecule has 1 aliphatic rings. The lowest BCUT2D eigenvalue weighted by atomic mass is 9.98. The number of carbonyl (C=O) groups excluding carboxylic acids is 1. The van der Waals surface area contributed by atoms with E-state index in [4.69, 9.17) is 0 Å². The predicted octanol–water partition coefficient (Wildman–Crippen LogP) is 2.07. The monoisotopic (exact) mass is 226 g/mol. The maximum Gasteiger partial charge on any atom is 0.221 e. The zero-order valence-corrected chi connectivity index (χ0v) is 11.3. The van der Waals surface area contributed by atoms with Gasteiger partial charge in [-0.05, 0) is 53.4 Å². The summed E-state index contributed by atoms with van der Waals surface area (Å²) in [5.41, 5.74) is 0.0745. The molecule has 0 atom stereocenters. The molecule has 1 amide bonds. The second kappa shape index (κ2) is 4.74. The Kier molecular flexibility index (Phi) is 4.00. The van der Waals surface area contributed by atoms with Crippen molar-refractivity contribution in [2.75, 3.05) is 6.54 Å². The zero-order valence-electron chi connectivity index (χ0n) is 11.3. The van der Waals surface area contributed by atoms with Crippen molar-refractivity contribution >= 4 is 5.91 Å². The molecule has 2 N–H and O–H groups in total. The fraction of sp³-hybridized carbons (Fsp3) is 0.923. The number of hydrogen-bond donors (Lipinski definition) is 2. The van der Waals surface area contributed by atoms with Crippen LogP contribution in [0.5, 0.6) is 0 Å². The first kappa shape index (κ1) is 13.5.